The van der Waals surface area contributed by atoms with Crippen molar-refractivity contribution >= 4 is 32.6 Å². The number of nitrogens with zero attached hydrogens (tertiary/aromatic N) is 4. The van der Waals surface area contributed by atoms with Crippen molar-refractivity contribution < 1.29 is 23.4 Å². The SMILES string of the molecule is O=S(=O)(CCN(CCO)CCO)c1ccc(Nc2nc(OCC3CCCCC3)c3[nH]cnc3n2)cc1. The Kier molecular flexibility index (Phi) is 9.08. The van der Waals surface area contributed by atoms with Crippen molar-refractivity contribution in [2.75, 3.05) is 50.5 Å². The molecule has 196 valence electrons. The van der Waals surface area contributed by atoms with Crippen molar-refractivity contribution in [3.63, 3.8) is 0 Å². The minimum absolute atomic E-state index is 0.0973. The molecule has 4 N–H and O–H groups in total. The number of aromatic nitrogens is 4. The lowest BCUT2D eigenvalue weighted by Crippen LogP contribution is -2.34. The van der Waals surface area contributed by atoms with Gasteiger partial charge in [-0.05, 0) is 43.0 Å². The maximum atomic E-state index is 12.8. The van der Waals surface area contributed by atoms with Gasteiger partial charge in [0.2, 0.25) is 11.8 Å². The van der Waals surface area contributed by atoms with E-state index in [-0.39, 0.29) is 30.4 Å². The highest BCUT2D eigenvalue weighted by Crippen LogP contribution is 2.27. The molecule has 0 bridgehead atoms. The van der Waals surface area contributed by atoms with Crippen molar-refractivity contribution in [3.8, 4) is 5.88 Å². The molecule has 0 atom stereocenters. The number of hydrogen-bond donors (Lipinski definition) is 4. The number of H-pyrrole nitrogens is 1. The first-order valence-corrected chi connectivity index (χ1v) is 14.0. The average molecular weight is 519 g/mol. The molecule has 12 heteroatoms. The van der Waals surface area contributed by atoms with Crippen molar-refractivity contribution in [1.29, 1.82) is 0 Å². The maximum absolute atomic E-state index is 12.8. The number of sulfone groups is 1. The number of anilines is 2. The Hall–Kier alpha value is -2.80. The van der Waals surface area contributed by atoms with Crippen LogP contribution in [0.5, 0.6) is 5.88 Å². The number of aliphatic hydroxyl groups is 2. The van der Waals surface area contributed by atoms with E-state index in [4.69, 9.17) is 14.9 Å². The van der Waals surface area contributed by atoms with Gasteiger partial charge in [-0.2, -0.15) is 9.97 Å². The Balaban J connectivity index is 1.42. The van der Waals surface area contributed by atoms with Gasteiger partial charge in [-0.3, -0.25) is 4.90 Å². The van der Waals surface area contributed by atoms with E-state index in [0.29, 0.717) is 54.3 Å². The van der Waals surface area contributed by atoms with Gasteiger partial charge >= 0.3 is 0 Å². The summed E-state index contributed by atoms with van der Waals surface area (Å²) in [5.41, 5.74) is 1.76. The first-order valence-electron chi connectivity index (χ1n) is 12.4. The molecule has 0 spiro atoms. The first-order chi connectivity index (χ1) is 17.5. The van der Waals surface area contributed by atoms with Crippen LogP contribution in [0.3, 0.4) is 0 Å². The van der Waals surface area contributed by atoms with E-state index in [9.17, 15) is 8.42 Å². The number of fused-ring (bicyclic) bond motifs is 1. The van der Waals surface area contributed by atoms with Crippen LogP contribution in [0, 0.1) is 5.92 Å². The molecule has 0 amide bonds. The van der Waals surface area contributed by atoms with Crippen LogP contribution in [0.4, 0.5) is 11.6 Å². The molecular weight excluding hydrogens is 484 g/mol. The van der Waals surface area contributed by atoms with Crippen LogP contribution in [0.25, 0.3) is 11.2 Å². The summed E-state index contributed by atoms with van der Waals surface area (Å²) in [6, 6.07) is 6.39. The van der Waals surface area contributed by atoms with Crippen molar-refractivity contribution in [1.82, 2.24) is 24.8 Å². The maximum Gasteiger partial charge on any atom is 0.245 e. The minimum Gasteiger partial charge on any atom is -0.476 e. The topological polar surface area (TPSA) is 154 Å². The van der Waals surface area contributed by atoms with E-state index in [2.05, 4.69) is 25.3 Å². The summed E-state index contributed by atoms with van der Waals surface area (Å²) in [5.74, 6) is 1.17. The largest absolute Gasteiger partial charge is 0.476 e. The second-order valence-electron chi connectivity index (χ2n) is 9.03. The van der Waals surface area contributed by atoms with Crippen LogP contribution in [-0.4, -0.2) is 88.7 Å². The Morgan fingerprint density at radius 3 is 2.44 bits per heavy atom. The molecule has 0 unspecified atom stereocenters. The standard InChI is InChI=1S/C24H34N6O5S/c31-13-10-30(11-14-32)12-15-36(33,34)20-8-6-19(7-9-20)27-24-28-22-21(25-17-26-22)23(29-24)35-16-18-4-2-1-3-5-18/h6-9,17-18,31-32H,1-5,10-16H2,(H2,25,26,27,28,29). The van der Waals surface area contributed by atoms with E-state index in [1.54, 1.807) is 23.4 Å². The monoisotopic (exact) mass is 518 g/mol. The number of benzene rings is 1. The lowest BCUT2D eigenvalue weighted by molar-refractivity contribution is 0.167. The zero-order chi connectivity index (χ0) is 25.4. The highest BCUT2D eigenvalue weighted by molar-refractivity contribution is 7.91. The summed E-state index contributed by atoms with van der Waals surface area (Å²) in [7, 11) is -3.53. The molecule has 0 aliphatic heterocycles. The Morgan fingerprint density at radius 2 is 1.75 bits per heavy atom. The molecular formula is C24H34N6O5S. The third-order valence-corrected chi connectivity index (χ3v) is 8.12. The normalized spacial score (nSPS) is 15.0. The van der Waals surface area contributed by atoms with Gasteiger partial charge in [0.15, 0.2) is 15.5 Å². The molecule has 1 aliphatic rings. The Labute approximate surface area is 210 Å². The molecule has 4 rings (SSSR count). The molecule has 2 aromatic heterocycles. The highest BCUT2D eigenvalue weighted by Gasteiger charge is 2.19. The van der Waals surface area contributed by atoms with Gasteiger partial charge < -0.3 is 25.3 Å². The quantitative estimate of drug-likeness (QED) is 0.264. The fraction of sp³-hybridized carbons (Fsp3) is 0.542. The molecule has 2 heterocycles. The summed E-state index contributed by atoms with van der Waals surface area (Å²) >= 11 is 0. The van der Waals surface area contributed by atoms with Crippen molar-refractivity contribution in [2.24, 2.45) is 5.92 Å². The first kappa shape index (κ1) is 26.3. The van der Waals surface area contributed by atoms with Crippen LogP contribution in [0.2, 0.25) is 0 Å². The number of imidazole rings is 1. The molecule has 11 nitrogen and oxygen atoms in total. The number of rotatable bonds is 13. The van der Waals surface area contributed by atoms with Gasteiger partial charge in [-0.1, -0.05) is 19.3 Å². The van der Waals surface area contributed by atoms with E-state index < -0.39 is 9.84 Å². The summed E-state index contributed by atoms with van der Waals surface area (Å²) in [6.45, 7) is 1.26. The second kappa shape index (κ2) is 12.4. The minimum atomic E-state index is -3.53. The lowest BCUT2D eigenvalue weighted by Gasteiger charge is -2.21. The fourth-order valence-electron chi connectivity index (χ4n) is 4.38. The summed E-state index contributed by atoms with van der Waals surface area (Å²) in [5, 5.41) is 21.3. The van der Waals surface area contributed by atoms with Crippen LogP contribution in [0.1, 0.15) is 32.1 Å². The number of aromatic amines is 1. The van der Waals surface area contributed by atoms with Crippen LogP contribution < -0.4 is 10.1 Å². The van der Waals surface area contributed by atoms with Crippen LogP contribution in [0.15, 0.2) is 35.5 Å². The smallest absolute Gasteiger partial charge is 0.245 e. The van der Waals surface area contributed by atoms with Crippen LogP contribution >= 0.6 is 0 Å². The zero-order valence-corrected chi connectivity index (χ0v) is 21.1. The number of ether oxygens (including phenoxy) is 1. The third kappa shape index (κ3) is 6.90. The van der Waals surface area contributed by atoms with Gasteiger partial charge in [-0.15, -0.1) is 0 Å². The van der Waals surface area contributed by atoms with E-state index in [0.717, 1.165) is 0 Å². The van der Waals surface area contributed by atoms with Gasteiger partial charge in [0, 0.05) is 25.3 Å². The molecule has 1 aliphatic carbocycles. The number of aliphatic hydroxyl groups excluding tert-OH is 2. The Bertz CT molecular complexity index is 1210. The Morgan fingerprint density at radius 1 is 1.03 bits per heavy atom. The highest BCUT2D eigenvalue weighted by atomic mass is 32.2. The summed E-state index contributed by atoms with van der Waals surface area (Å²) in [6.07, 6.45) is 7.64. The molecule has 1 fully saturated rings. The fourth-order valence-corrected chi connectivity index (χ4v) is 5.66. The molecule has 0 saturated heterocycles. The molecule has 3 aromatic rings. The molecule has 36 heavy (non-hydrogen) atoms. The number of hydrogen-bond acceptors (Lipinski definition) is 10. The third-order valence-electron chi connectivity index (χ3n) is 6.41. The van der Waals surface area contributed by atoms with Gasteiger partial charge in [-0.25, -0.2) is 13.4 Å². The van der Waals surface area contributed by atoms with Gasteiger partial charge in [0.25, 0.3) is 0 Å². The predicted octanol–water partition coefficient (Wildman–Crippen LogP) is 2.12. The second-order valence-corrected chi connectivity index (χ2v) is 11.1. The molecule has 0 radical (unpaired) electrons. The van der Waals surface area contributed by atoms with E-state index >= 15 is 0 Å². The van der Waals surface area contributed by atoms with Crippen LogP contribution in [-0.2, 0) is 9.84 Å². The average Bonchev–Trinajstić information content (AvgIpc) is 3.36. The lowest BCUT2D eigenvalue weighted by atomic mass is 9.90. The predicted molar refractivity (Wildman–Crippen MR) is 136 cm³/mol. The molecule has 1 aromatic carbocycles. The van der Waals surface area contributed by atoms with Crippen molar-refractivity contribution in [2.45, 2.75) is 37.0 Å². The van der Waals surface area contributed by atoms with Gasteiger partial charge in [0.1, 0.15) is 5.52 Å². The van der Waals surface area contributed by atoms with Gasteiger partial charge in [0.05, 0.1) is 36.8 Å². The summed E-state index contributed by atoms with van der Waals surface area (Å²) in [4.78, 5) is 18.1. The van der Waals surface area contributed by atoms with E-state index in [1.165, 1.54) is 44.2 Å². The van der Waals surface area contributed by atoms with Crippen molar-refractivity contribution in [3.05, 3.63) is 30.6 Å². The molecule has 1 saturated carbocycles. The summed E-state index contributed by atoms with van der Waals surface area (Å²) < 4.78 is 31.6. The number of nitrogens with one attached hydrogen (secondary N) is 2. The zero-order valence-electron chi connectivity index (χ0n) is 20.3. The van der Waals surface area contributed by atoms with E-state index in [1.807, 2.05) is 0 Å².